The van der Waals surface area contributed by atoms with Crippen LogP contribution in [-0.2, 0) is 0 Å². The van der Waals surface area contributed by atoms with E-state index in [2.05, 4.69) is 25.9 Å². The Morgan fingerprint density at radius 3 is 2.36 bits per heavy atom. The predicted molar refractivity (Wildman–Crippen MR) is 45.9 cm³/mol. The number of hydrogen-bond donors (Lipinski definition) is 0. The van der Waals surface area contributed by atoms with E-state index in [-0.39, 0.29) is 0 Å². The second-order valence-electron chi connectivity index (χ2n) is 4.32. The molecule has 2 atom stereocenters. The van der Waals surface area contributed by atoms with Crippen molar-refractivity contribution in [1.29, 1.82) is 0 Å². The van der Waals surface area contributed by atoms with Gasteiger partial charge in [0.2, 0.25) is 0 Å². The highest BCUT2D eigenvalue weighted by Crippen LogP contribution is 2.40. The van der Waals surface area contributed by atoms with Crippen molar-refractivity contribution >= 4 is 0 Å². The molecular formula is C9H19N2+. The van der Waals surface area contributed by atoms with Gasteiger partial charge < -0.3 is 0 Å². The van der Waals surface area contributed by atoms with Crippen LogP contribution >= 0.6 is 0 Å². The van der Waals surface area contributed by atoms with Crippen LogP contribution in [0.5, 0.6) is 0 Å². The molecule has 0 bridgehead atoms. The molecule has 0 amide bonds. The lowest BCUT2D eigenvalue weighted by Crippen LogP contribution is -2.70. The quantitative estimate of drug-likeness (QED) is 0.515. The minimum absolute atomic E-state index is 0.793. The number of fused-ring (bicyclic) bond motifs is 1. The summed E-state index contributed by atoms with van der Waals surface area (Å²) in [6, 6.07) is 1.77. The normalized spacial score (nSPS) is 44.2. The standard InChI is InChI=1S/C9H19N2/c1-8(2)11-7-5-9(11)4-6-10(11)3/h8-9H,4-7H2,1-3H3/q+1. The lowest BCUT2D eigenvalue weighted by molar-refractivity contribution is -1.09. The van der Waals surface area contributed by atoms with Crippen molar-refractivity contribution in [2.24, 2.45) is 0 Å². The van der Waals surface area contributed by atoms with Gasteiger partial charge in [-0.05, 0) is 13.8 Å². The summed E-state index contributed by atoms with van der Waals surface area (Å²) in [4.78, 5) is 0. The Kier molecular flexibility index (Phi) is 1.52. The van der Waals surface area contributed by atoms with Crippen LogP contribution in [0.3, 0.4) is 0 Å². The van der Waals surface area contributed by atoms with Crippen LogP contribution in [-0.4, -0.2) is 41.8 Å². The van der Waals surface area contributed by atoms with E-state index in [9.17, 15) is 0 Å². The van der Waals surface area contributed by atoms with Gasteiger partial charge in [0.1, 0.15) is 18.6 Å². The molecule has 2 aliphatic rings. The highest BCUT2D eigenvalue weighted by Gasteiger charge is 2.55. The molecule has 2 heterocycles. The SMILES string of the molecule is CC(C)[N+]12CCC1CCN2C. The fourth-order valence-electron chi connectivity index (χ4n) is 2.99. The first-order valence-corrected chi connectivity index (χ1v) is 4.77. The fourth-order valence-corrected chi connectivity index (χ4v) is 2.99. The minimum atomic E-state index is 0.793. The van der Waals surface area contributed by atoms with E-state index in [0.29, 0.717) is 0 Å². The van der Waals surface area contributed by atoms with Gasteiger partial charge in [0.15, 0.2) is 0 Å². The Morgan fingerprint density at radius 1 is 1.36 bits per heavy atom. The number of rotatable bonds is 1. The summed E-state index contributed by atoms with van der Waals surface area (Å²) in [5.41, 5.74) is 0. The van der Waals surface area contributed by atoms with Crippen molar-refractivity contribution in [1.82, 2.24) is 5.01 Å². The Hall–Kier alpha value is -0.0800. The number of nitrogens with zero attached hydrogens (tertiary/aromatic N) is 2. The zero-order valence-electron chi connectivity index (χ0n) is 7.88. The summed E-state index contributed by atoms with van der Waals surface area (Å²) in [5.74, 6) is 0. The molecule has 0 saturated carbocycles. The third-order valence-electron chi connectivity index (χ3n) is 3.77. The van der Waals surface area contributed by atoms with Gasteiger partial charge in [0.05, 0.1) is 13.0 Å². The van der Waals surface area contributed by atoms with Gasteiger partial charge in [-0.25, -0.2) is 4.59 Å². The molecule has 0 radical (unpaired) electrons. The molecule has 2 saturated heterocycles. The van der Waals surface area contributed by atoms with Gasteiger partial charge in [0, 0.05) is 13.5 Å². The minimum Gasteiger partial charge on any atom is -0.239 e. The van der Waals surface area contributed by atoms with Gasteiger partial charge >= 0.3 is 0 Å². The van der Waals surface area contributed by atoms with Crippen LogP contribution in [0.25, 0.3) is 0 Å². The zero-order chi connectivity index (χ0) is 8.06. The average molecular weight is 155 g/mol. The smallest absolute Gasteiger partial charge is 0.114 e. The van der Waals surface area contributed by atoms with E-state index in [1.54, 1.807) is 0 Å². The lowest BCUT2D eigenvalue weighted by Gasteiger charge is -2.53. The van der Waals surface area contributed by atoms with Gasteiger partial charge in [-0.2, -0.15) is 5.01 Å². The Balaban J connectivity index is 2.21. The van der Waals surface area contributed by atoms with E-state index >= 15 is 0 Å². The van der Waals surface area contributed by atoms with Crippen molar-refractivity contribution in [3.8, 4) is 0 Å². The molecule has 0 N–H and O–H groups in total. The molecule has 2 aliphatic heterocycles. The van der Waals surface area contributed by atoms with Crippen molar-refractivity contribution < 1.29 is 4.59 Å². The summed E-state index contributed by atoms with van der Waals surface area (Å²) in [5, 5.41) is 2.54. The maximum Gasteiger partial charge on any atom is 0.114 e. The first kappa shape index (κ1) is 7.56. The van der Waals surface area contributed by atoms with E-state index in [1.165, 1.54) is 30.5 Å². The number of hydrogen-bond acceptors (Lipinski definition) is 1. The van der Waals surface area contributed by atoms with Crippen LogP contribution in [0.4, 0.5) is 0 Å². The molecule has 2 rings (SSSR count). The second kappa shape index (κ2) is 2.20. The molecule has 2 unspecified atom stereocenters. The molecular weight excluding hydrogens is 136 g/mol. The third-order valence-corrected chi connectivity index (χ3v) is 3.77. The lowest BCUT2D eigenvalue weighted by atomic mass is 9.98. The van der Waals surface area contributed by atoms with Crippen LogP contribution in [0.15, 0.2) is 0 Å². The first-order valence-electron chi connectivity index (χ1n) is 4.77. The summed E-state index contributed by atoms with van der Waals surface area (Å²) in [6.45, 7) is 7.41. The van der Waals surface area contributed by atoms with Gasteiger partial charge in [-0.3, -0.25) is 0 Å². The highest BCUT2D eigenvalue weighted by atomic mass is 15.8. The molecule has 0 spiro atoms. The monoisotopic (exact) mass is 155 g/mol. The van der Waals surface area contributed by atoms with Crippen LogP contribution < -0.4 is 0 Å². The molecule has 0 aromatic carbocycles. The second-order valence-corrected chi connectivity index (χ2v) is 4.32. The van der Waals surface area contributed by atoms with Crippen molar-refractivity contribution in [3.05, 3.63) is 0 Å². The first-order chi connectivity index (χ1) is 5.18. The molecule has 2 fully saturated rings. The van der Waals surface area contributed by atoms with Crippen LogP contribution in [0.2, 0.25) is 0 Å². The average Bonchev–Trinajstić information content (AvgIpc) is 2.04. The van der Waals surface area contributed by atoms with E-state index in [0.717, 1.165) is 12.1 Å². The summed E-state index contributed by atoms with van der Waals surface area (Å²) < 4.78 is 1.29. The Morgan fingerprint density at radius 2 is 2.09 bits per heavy atom. The topological polar surface area (TPSA) is 3.24 Å². The van der Waals surface area contributed by atoms with Gasteiger partial charge in [-0.1, -0.05) is 0 Å². The van der Waals surface area contributed by atoms with Crippen molar-refractivity contribution in [3.63, 3.8) is 0 Å². The van der Waals surface area contributed by atoms with Crippen LogP contribution in [0, 0.1) is 0 Å². The molecule has 2 nitrogen and oxygen atoms in total. The number of quaternary nitrogens is 1. The van der Waals surface area contributed by atoms with Crippen LogP contribution in [0.1, 0.15) is 26.7 Å². The molecule has 0 aromatic heterocycles. The largest absolute Gasteiger partial charge is 0.239 e. The Labute approximate surface area is 69.3 Å². The maximum atomic E-state index is 2.54. The zero-order valence-corrected chi connectivity index (χ0v) is 7.88. The van der Waals surface area contributed by atoms with Gasteiger partial charge in [0.25, 0.3) is 0 Å². The van der Waals surface area contributed by atoms with E-state index in [4.69, 9.17) is 0 Å². The van der Waals surface area contributed by atoms with Crippen molar-refractivity contribution in [2.45, 2.75) is 38.8 Å². The maximum absolute atomic E-state index is 2.54. The summed E-state index contributed by atoms with van der Waals surface area (Å²) >= 11 is 0. The van der Waals surface area contributed by atoms with E-state index < -0.39 is 0 Å². The molecule has 0 aromatic rings. The molecule has 0 aliphatic carbocycles. The highest BCUT2D eigenvalue weighted by molar-refractivity contribution is 4.77. The Bertz CT molecular complexity index is 159. The fraction of sp³-hybridized carbons (Fsp3) is 1.00. The van der Waals surface area contributed by atoms with E-state index in [1.807, 2.05) is 0 Å². The van der Waals surface area contributed by atoms with Crippen molar-refractivity contribution in [2.75, 3.05) is 20.1 Å². The van der Waals surface area contributed by atoms with Gasteiger partial charge in [-0.15, -0.1) is 0 Å². The predicted octanol–water partition coefficient (Wildman–Crippen LogP) is 1.23. The molecule has 64 valence electrons. The summed E-state index contributed by atoms with van der Waals surface area (Å²) in [7, 11) is 2.28. The summed E-state index contributed by atoms with van der Waals surface area (Å²) in [6.07, 6.45) is 2.89. The molecule has 2 heteroatoms. The molecule has 11 heavy (non-hydrogen) atoms. The third kappa shape index (κ3) is 0.744.